The highest BCUT2D eigenvalue weighted by atomic mass is 16.3. The SMILES string of the molecule is CC1(C)[C@@H]2CC[C@]1(C)[C@H](NC[C@H](O)c1ccccc1)C2. The predicted molar refractivity (Wildman–Crippen MR) is 82.4 cm³/mol. The van der Waals surface area contributed by atoms with Gasteiger partial charge in [-0.15, -0.1) is 0 Å². The molecule has 0 aliphatic heterocycles. The molecule has 0 amide bonds. The molecule has 0 radical (unpaired) electrons. The summed E-state index contributed by atoms with van der Waals surface area (Å²) in [6.07, 6.45) is 3.57. The summed E-state index contributed by atoms with van der Waals surface area (Å²) in [5.41, 5.74) is 1.82. The minimum Gasteiger partial charge on any atom is -0.387 e. The molecule has 2 nitrogen and oxygen atoms in total. The van der Waals surface area contributed by atoms with Gasteiger partial charge in [-0.05, 0) is 41.6 Å². The van der Waals surface area contributed by atoms with Gasteiger partial charge in [0.1, 0.15) is 0 Å². The topological polar surface area (TPSA) is 32.3 Å². The summed E-state index contributed by atoms with van der Waals surface area (Å²) in [7, 11) is 0. The van der Waals surface area contributed by atoms with Gasteiger partial charge in [0.25, 0.3) is 0 Å². The average Bonchev–Trinajstić information content (AvgIpc) is 2.78. The van der Waals surface area contributed by atoms with Gasteiger partial charge >= 0.3 is 0 Å². The maximum atomic E-state index is 10.3. The van der Waals surface area contributed by atoms with E-state index in [2.05, 4.69) is 26.1 Å². The molecular formula is C18H27NO. The zero-order valence-electron chi connectivity index (χ0n) is 12.9. The highest BCUT2D eigenvalue weighted by Crippen LogP contribution is 2.65. The minimum atomic E-state index is -0.401. The van der Waals surface area contributed by atoms with Gasteiger partial charge in [0, 0.05) is 12.6 Å². The highest BCUT2D eigenvalue weighted by molar-refractivity contribution is 5.18. The molecule has 0 aromatic heterocycles. The smallest absolute Gasteiger partial charge is 0.0914 e. The number of fused-ring (bicyclic) bond motifs is 2. The molecular weight excluding hydrogens is 246 g/mol. The molecule has 2 N–H and O–H groups in total. The van der Waals surface area contributed by atoms with Crippen LogP contribution < -0.4 is 5.32 Å². The molecule has 2 aliphatic carbocycles. The van der Waals surface area contributed by atoms with Crippen molar-refractivity contribution in [1.29, 1.82) is 0 Å². The van der Waals surface area contributed by atoms with Crippen LogP contribution in [0.1, 0.15) is 51.7 Å². The van der Waals surface area contributed by atoms with Crippen LogP contribution in [0.15, 0.2) is 30.3 Å². The molecule has 2 aliphatic rings. The molecule has 1 aromatic rings. The zero-order valence-corrected chi connectivity index (χ0v) is 12.9. The van der Waals surface area contributed by atoms with E-state index in [0.29, 0.717) is 23.4 Å². The Kier molecular flexibility index (Phi) is 3.42. The van der Waals surface area contributed by atoms with Crippen molar-refractivity contribution in [1.82, 2.24) is 5.32 Å². The number of rotatable bonds is 4. The van der Waals surface area contributed by atoms with Crippen LogP contribution in [0.5, 0.6) is 0 Å². The Labute approximate surface area is 122 Å². The average molecular weight is 273 g/mol. The van der Waals surface area contributed by atoms with E-state index < -0.39 is 6.10 Å². The molecule has 1 aromatic carbocycles. The predicted octanol–water partition coefficient (Wildman–Crippen LogP) is 3.52. The van der Waals surface area contributed by atoms with E-state index in [1.807, 2.05) is 30.3 Å². The van der Waals surface area contributed by atoms with Crippen LogP contribution in [0, 0.1) is 16.7 Å². The number of benzene rings is 1. The summed E-state index contributed by atoms with van der Waals surface area (Å²) in [6, 6.07) is 10.5. The summed E-state index contributed by atoms with van der Waals surface area (Å²) in [5.74, 6) is 0.846. The fourth-order valence-corrected chi connectivity index (χ4v) is 4.56. The molecule has 2 bridgehead atoms. The van der Waals surface area contributed by atoms with Gasteiger partial charge in [-0.1, -0.05) is 51.1 Å². The monoisotopic (exact) mass is 273 g/mol. The summed E-state index contributed by atoms with van der Waals surface area (Å²) in [5, 5.41) is 14.0. The van der Waals surface area contributed by atoms with Crippen molar-refractivity contribution in [2.75, 3.05) is 6.54 Å². The molecule has 2 fully saturated rings. The first-order chi connectivity index (χ1) is 9.45. The Morgan fingerprint density at radius 3 is 2.50 bits per heavy atom. The fraction of sp³-hybridized carbons (Fsp3) is 0.667. The van der Waals surface area contributed by atoms with Gasteiger partial charge in [-0.3, -0.25) is 0 Å². The Hall–Kier alpha value is -0.860. The van der Waals surface area contributed by atoms with Gasteiger partial charge < -0.3 is 10.4 Å². The number of hydrogen-bond donors (Lipinski definition) is 2. The largest absolute Gasteiger partial charge is 0.387 e. The van der Waals surface area contributed by atoms with Crippen LogP contribution in [-0.4, -0.2) is 17.7 Å². The second-order valence-corrected chi connectivity index (χ2v) is 7.50. The van der Waals surface area contributed by atoms with Crippen LogP contribution in [0.2, 0.25) is 0 Å². The molecule has 4 atom stereocenters. The van der Waals surface area contributed by atoms with Crippen LogP contribution in [0.4, 0.5) is 0 Å². The first kappa shape index (κ1) is 14.1. The van der Waals surface area contributed by atoms with Crippen LogP contribution in [-0.2, 0) is 0 Å². The normalized spacial score (nSPS) is 36.2. The van der Waals surface area contributed by atoms with Crippen molar-refractivity contribution < 1.29 is 5.11 Å². The highest BCUT2D eigenvalue weighted by Gasteiger charge is 2.60. The maximum absolute atomic E-state index is 10.3. The second kappa shape index (κ2) is 4.85. The lowest BCUT2D eigenvalue weighted by molar-refractivity contribution is 0.105. The van der Waals surface area contributed by atoms with Crippen molar-refractivity contribution in [2.24, 2.45) is 16.7 Å². The third-order valence-corrected chi connectivity index (χ3v) is 6.54. The van der Waals surface area contributed by atoms with Crippen molar-refractivity contribution in [3.05, 3.63) is 35.9 Å². The number of aliphatic hydroxyl groups is 1. The van der Waals surface area contributed by atoms with Crippen LogP contribution in [0.25, 0.3) is 0 Å². The van der Waals surface area contributed by atoms with E-state index in [1.165, 1.54) is 19.3 Å². The molecule has 0 saturated heterocycles. The van der Waals surface area contributed by atoms with Crippen LogP contribution in [0.3, 0.4) is 0 Å². The Morgan fingerprint density at radius 1 is 1.25 bits per heavy atom. The number of nitrogens with one attached hydrogen (secondary N) is 1. The molecule has 3 rings (SSSR count). The third-order valence-electron chi connectivity index (χ3n) is 6.54. The molecule has 110 valence electrons. The molecule has 0 unspecified atom stereocenters. The lowest BCUT2D eigenvalue weighted by Crippen LogP contribution is -2.45. The standard InChI is InChI=1S/C18H27NO/c1-17(2)14-9-10-18(17,3)16(11-14)19-12-15(20)13-7-5-4-6-8-13/h4-8,14-16,19-20H,9-12H2,1-3H3/t14-,15+,16-,18-/m1/s1. The van der Waals surface area contributed by atoms with E-state index in [0.717, 1.165) is 11.5 Å². The number of aliphatic hydroxyl groups excluding tert-OH is 1. The molecule has 0 heterocycles. The molecule has 20 heavy (non-hydrogen) atoms. The van der Waals surface area contributed by atoms with E-state index >= 15 is 0 Å². The van der Waals surface area contributed by atoms with Crippen molar-refractivity contribution in [2.45, 2.75) is 52.2 Å². The minimum absolute atomic E-state index is 0.383. The van der Waals surface area contributed by atoms with Gasteiger partial charge in [-0.2, -0.15) is 0 Å². The van der Waals surface area contributed by atoms with Crippen molar-refractivity contribution >= 4 is 0 Å². The van der Waals surface area contributed by atoms with Crippen LogP contribution >= 0.6 is 0 Å². The Balaban J connectivity index is 1.63. The number of hydrogen-bond acceptors (Lipinski definition) is 2. The van der Waals surface area contributed by atoms with Crippen molar-refractivity contribution in [3.8, 4) is 0 Å². The lowest BCUT2D eigenvalue weighted by atomic mass is 9.69. The summed E-state index contributed by atoms with van der Waals surface area (Å²) >= 11 is 0. The maximum Gasteiger partial charge on any atom is 0.0914 e. The van der Waals surface area contributed by atoms with E-state index in [4.69, 9.17) is 0 Å². The zero-order chi connectivity index (χ0) is 14.4. The first-order valence-electron chi connectivity index (χ1n) is 7.91. The second-order valence-electron chi connectivity index (χ2n) is 7.50. The summed E-state index contributed by atoms with van der Waals surface area (Å²) in [6.45, 7) is 7.96. The molecule has 2 saturated carbocycles. The van der Waals surface area contributed by atoms with E-state index in [1.54, 1.807) is 0 Å². The Morgan fingerprint density at radius 2 is 1.95 bits per heavy atom. The van der Waals surface area contributed by atoms with E-state index in [9.17, 15) is 5.11 Å². The van der Waals surface area contributed by atoms with Gasteiger partial charge in [0.05, 0.1) is 6.10 Å². The summed E-state index contributed by atoms with van der Waals surface area (Å²) in [4.78, 5) is 0. The van der Waals surface area contributed by atoms with E-state index in [-0.39, 0.29) is 0 Å². The van der Waals surface area contributed by atoms with Gasteiger partial charge in [-0.25, -0.2) is 0 Å². The fourth-order valence-electron chi connectivity index (χ4n) is 4.56. The van der Waals surface area contributed by atoms with Crippen molar-refractivity contribution in [3.63, 3.8) is 0 Å². The van der Waals surface area contributed by atoms with Gasteiger partial charge in [0.2, 0.25) is 0 Å². The Bertz CT molecular complexity index is 470. The summed E-state index contributed by atoms with van der Waals surface area (Å²) < 4.78 is 0. The van der Waals surface area contributed by atoms with Gasteiger partial charge in [0.15, 0.2) is 0 Å². The molecule has 0 spiro atoms. The molecule has 2 heteroatoms. The lowest BCUT2D eigenvalue weighted by Gasteiger charge is -2.40. The third kappa shape index (κ3) is 2.01. The first-order valence-corrected chi connectivity index (χ1v) is 7.91. The quantitative estimate of drug-likeness (QED) is 0.879.